The third kappa shape index (κ3) is 3.03. The summed E-state index contributed by atoms with van der Waals surface area (Å²) in [4.78, 5) is 14.8. The number of carboxylic acid groups (broad SMARTS) is 1. The normalized spacial score (nSPS) is 10.3. The average Bonchev–Trinajstić information content (AvgIpc) is 2.36. The molecule has 0 bridgehead atoms. The number of halogens is 1. The largest absolute Gasteiger partial charge is 0.478 e. The van der Waals surface area contributed by atoms with Crippen molar-refractivity contribution >= 4 is 17.6 Å². The van der Waals surface area contributed by atoms with Crippen molar-refractivity contribution in [3.05, 3.63) is 52.2 Å². The van der Waals surface area contributed by atoms with E-state index in [-0.39, 0.29) is 5.56 Å². The zero-order chi connectivity index (χ0) is 14.0. The van der Waals surface area contributed by atoms with E-state index in [0.29, 0.717) is 22.2 Å². The smallest absolute Gasteiger partial charge is 0.337 e. The SMILES string of the molecule is Cc1ccc(Cl)cc1Oc1ncc(C(=O)O)cc1C. The molecule has 0 aliphatic heterocycles. The van der Waals surface area contributed by atoms with Crippen molar-refractivity contribution in [3.63, 3.8) is 0 Å². The van der Waals surface area contributed by atoms with Crippen LogP contribution < -0.4 is 4.74 Å². The third-order valence-electron chi connectivity index (χ3n) is 2.63. The lowest BCUT2D eigenvalue weighted by atomic mass is 10.2. The molecule has 0 saturated heterocycles. The van der Waals surface area contributed by atoms with Crippen molar-refractivity contribution in [1.82, 2.24) is 4.98 Å². The van der Waals surface area contributed by atoms with Crippen LogP contribution in [0.2, 0.25) is 5.02 Å². The topological polar surface area (TPSA) is 59.4 Å². The second-order valence-electron chi connectivity index (χ2n) is 4.16. The highest BCUT2D eigenvalue weighted by Gasteiger charge is 2.10. The van der Waals surface area contributed by atoms with Crippen LogP contribution in [0, 0.1) is 13.8 Å². The lowest BCUT2D eigenvalue weighted by Crippen LogP contribution is -2.00. The molecule has 0 radical (unpaired) electrons. The van der Waals surface area contributed by atoms with Crippen molar-refractivity contribution < 1.29 is 14.6 Å². The van der Waals surface area contributed by atoms with Gasteiger partial charge in [0.25, 0.3) is 0 Å². The van der Waals surface area contributed by atoms with Gasteiger partial charge in [0.05, 0.1) is 5.56 Å². The lowest BCUT2D eigenvalue weighted by Gasteiger charge is -2.10. The van der Waals surface area contributed by atoms with Crippen LogP contribution in [0.3, 0.4) is 0 Å². The Bertz CT molecular complexity index is 641. The number of aryl methyl sites for hydroxylation is 2. The van der Waals surface area contributed by atoms with Crippen LogP contribution in [0.1, 0.15) is 21.5 Å². The van der Waals surface area contributed by atoms with E-state index < -0.39 is 5.97 Å². The number of nitrogens with zero attached hydrogens (tertiary/aromatic N) is 1. The molecular weight excluding hydrogens is 266 g/mol. The number of pyridine rings is 1. The standard InChI is InChI=1S/C14H12ClNO3/c1-8-3-4-11(15)6-12(8)19-13-9(2)5-10(7-16-13)14(17)18/h3-7H,1-2H3,(H,17,18). The molecule has 0 spiro atoms. The Balaban J connectivity index is 2.33. The molecule has 0 fully saturated rings. The first-order valence-corrected chi connectivity index (χ1v) is 5.99. The maximum Gasteiger partial charge on any atom is 0.337 e. The number of aromatic carboxylic acids is 1. The Morgan fingerprint density at radius 3 is 2.63 bits per heavy atom. The molecule has 4 nitrogen and oxygen atoms in total. The van der Waals surface area contributed by atoms with Crippen molar-refractivity contribution in [2.75, 3.05) is 0 Å². The molecule has 0 unspecified atom stereocenters. The minimum atomic E-state index is -1.01. The molecule has 0 aliphatic rings. The van der Waals surface area contributed by atoms with Gasteiger partial charge in [0.2, 0.25) is 5.88 Å². The number of rotatable bonds is 3. The van der Waals surface area contributed by atoms with Crippen molar-refractivity contribution in [2.45, 2.75) is 13.8 Å². The van der Waals surface area contributed by atoms with Gasteiger partial charge in [-0.3, -0.25) is 0 Å². The molecule has 0 atom stereocenters. The third-order valence-corrected chi connectivity index (χ3v) is 2.87. The van der Waals surface area contributed by atoms with Crippen LogP contribution in [0.15, 0.2) is 30.5 Å². The predicted octanol–water partition coefficient (Wildman–Crippen LogP) is 3.84. The summed E-state index contributed by atoms with van der Waals surface area (Å²) in [5, 5.41) is 9.44. The zero-order valence-corrected chi connectivity index (χ0v) is 11.2. The Kier molecular flexibility index (Phi) is 3.71. The number of carboxylic acids is 1. The van der Waals surface area contributed by atoms with Crippen molar-refractivity contribution in [1.29, 1.82) is 0 Å². The number of carbonyl (C=O) groups is 1. The van der Waals surface area contributed by atoms with E-state index in [1.165, 1.54) is 12.3 Å². The highest BCUT2D eigenvalue weighted by molar-refractivity contribution is 6.30. The van der Waals surface area contributed by atoms with Gasteiger partial charge >= 0.3 is 5.97 Å². The quantitative estimate of drug-likeness (QED) is 0.926. The molecule has 1 heterocycles. The summed E-state index contributed by atoms with van der Waals surface area (Å²) in [5.74, 6) is -0.0392. The summed E-state index contributed by atoms with van der Waals surface area (Å²) in [7, 11) is 0. The van der Waals surface area contributed by atoms with E-state index >= 15 is 0 Å². The van der Waals surface area contributed by atoms with Crippen LogP contribution in [-0.2, 0) is 0 Å². The molecule has 2 rings (SSSR count). The molecule has 98 valence electrons. The molecule has 19 heavy (non-hydrogen) atoms. The van der Waals surface area contributed by atoms with Crippen LogP contribution in [0.25, 0.3) is 0 Å². The van der Waals surface area contributed by atoms with Gasteiger partial charge in [-0.25, -0.2) is 9.78 Å². The van der Waals surface area contributed by atoms with Gasteiger partial charge in [0.15, 0.2) is 0 Å². The van der Waals surface area contributed by atoms with Gasteiger partial charge in [0.1, 0.15) is 5.75 Å². The Hall–Kier alpha value is -2.07. The second kappa shape index (κ2) is 5.28. The molecule has 5 heteroatoms. The number of hydrogen-bond acceptors (Lipinski definition) is 3. The zero-order valence-electron chi connectivity index (χ0n) is 10.5. The number of ether oxygens (including phenoxy) is 1. The maximum absolute atomic E-state index is 10.8. The van der Waals surface area contributed by atoms with Gasteiger partial charge in [-0.15, -0.1) is 0 Å². The van der Waals surface area contributed by atoms with Gasteiger partial charge in [-0.1, -0.05) is 17.7 Å². The van der Waals surface area contributed by atoms with Gasteiger partial charge < -0.3 is 9.84 Å². The number of aromatic nitrogens is 1. The van der Waals surface area contributed by atoms with E-state index in [4.69, 9.17) is 21.4 Å². The fourth-order valence-corrected chi connectivity index (χ4v) is 1.74. The summed E-state index contributed by atoms with van der Waals surface area (Å²) < 4.78 is 5.67. The molecule has 0 amide bonds. The second-order valence-corrected chi connectivity index (χ2v) is 4.60. The van der Waals surface area contributed by atoms with E-state index in [0.717, 1.165) is 5.56 Å². The fourth-order valence-electron chi connectivity index (χ4n) is 1.57. The highest BCUT2D eigenvalue weighted by atomic mass is 35.5. The summed E-state index contributed by atoms with van der Waals surface area (Å²) in [6, 6.07) is 6.84. The van der Waals surface area contributed by atoms with Gasteiger partial charge in [-0.2, -0.15) is 0 Å². The van der Waals surface area contributed by atoms with E-state index in [1.807, 2.05) is 13.0 Å². The summed E-state index contributed by atoms with van der Waals surface area (Å²) >= 11 is 5.91. The van der Waals surface area contributed by atoms with Gasteiger partial charge in [0, 0.05) is 16.8 Å². The lowest BCUT2D eigenvalue weighted by molar-refractivity contribution is 0.0696. The molecule has 0 aliphatic carbocycles. The number of hydrogen-bond donors (Lipinski definition) is 1. The van der Waals surface area contributed by atoms with Crippen molar-refractivity contribution in [2.24, 2.45) is 0 Å². The molecule has 1 N–H and O–H groups in total. The highest BCUT2D eigenvalue weighted by Crippen LogP contribution is 2.28. The Morgan fingerprint density at radius 1 is 1.26 bits per heavy atom. The van der Waals surface area contributed by atoms with E-state index in [1.54, 1.807) is 19.1 Å². The summed E-state index contributed by atoms with van der Waals surface area (Å²) in [6.45, 7) is 3.64. The number of benzene rings is 1. The molecule has 1 aromatic heterocycles. The predicted molar refractivity (Wildman–Crippen MR) is 72.2 cm³/mol. The monoisotopic (exact) mass is 277 g/mol. The molecule has 2 aromatic rings. The van der Waals surface area contributed by atoms with Crippen LogP contribution >= 0.6 is 11.6 Å². The minimum absolute atomic E-state index is 0.132. The van der Waals surface area contributed by atoms with Crippen LogP contribution in [-0.4, -0.2) is 16.1 Å². The van der Waals surface area contributed by atoms with Gasteiger partial charge in [-0.05, 0) is 37.6 Å². The van der Waals surface area contributed by atoms with Crippen molar-refractivity contribution in [3.8, 4) is 11.6 Å². The van der Waals surface area contributed by atoms with E-state index in [9.17, 15) is 4.79 Å². The Labute approximate surface area is 115 Å². The summed E-state index contributed by atoms with van der Waals surface area (Å²) in [5.41, 5.74) is 1.71. The maximum atomic E-state index is 10.8. The first-order valence-electron chi connectivity index (χ1n) is 5.61. The first-order chi connectivity index (χ1) is 8.97. The van der Waals surface area contributed by atoms with E-state index in [2.05, 4.69) is 4.98 Å². The fraction of sp³-hybridized carbons (Fsp3) is 0.143. The molecular formula is C14H12ClNO3. The summed E-state index contributed by atoms with van der Waals surface area (Å²) in [6.07, 6.45) is 1.27. The van der Waals surface area contributed by atoms with Crippen LogP contribution in [0.5, 0.6) is 11.6 Å². The molecule has 1 aromatic carbocycles. The minimum Gasteiger partial charge on any atom is -0.478 e. The first kappa shape index (κ1) is 13.4. The average molecular weight is 278 g/mol. The van der Waals surface area contributed by atoms with Crippen LogP contribution in [0.4, 0.5) is 0 Å². The molecule has 0 saturated carbocycles. The Morgan fingerprint density at radius 2 is 2.00 bits per heavy atom.